The number of H-pyrrole nitrogens is 1. The SMILES string of the molecule is COC(=O)c1ccc(CNOCC(F)(F)F)[nH]1. The standard InChI is InChI=1S/C9H11F3N2O3/c1-16-8(15)7-3-2-6(14-7)4-13-17-5-9(10,11)12/h2-3,13-14H,4-5H2,1H3. The van der Waals surface area contributed by atoms with E-state index in [0.717, 1.165) is 0 Å². The van der Waals surface area contributed by atoms with Crippen LogP contribution in [0.4, 0.5) is 13.2 Å². The lowest BCUT2D eigenvalue weighted by Crippen LogP contribution is -2.24. The van der Waals surface area contributed by atoms with Gasteiger partial charge in [0.25, 0.3) is 0 Å². The van der Waals surface area contributed by atoms with Crippen LogP contribution in [0.3, 0.4) is 0 Å². The summed E-state index contributed by atoms with van der Waals surface area (Å²) >= 11 is 0. The number of methoxy groups -OCH3 is 1. The molecule has 0 amide bonds. The van der Waals surface area contributed by atoms with Crippen LogP contribution in [-0.2, 0) is 16.1 Å². The fraction of sp³-hybridized carbons (Fsp3) is 0.444. The number of esters is 1. The number of carbonyl (C=O) groups is 1. The van der Waals surface area contributed by atoms with Gasteiger partial charge in [-0.3, -0.25) is 4.84 Å². The summed E-state index contributed by atoms with van der Waals surface area (Å²) in [6.45, 7) is -1.36. The van der Waals surface area contributed by atoms with Crippen LogP contribution in [0.25, 0.3) is 0 Å². The molecule has 1 rings (SSSR count). The zero-order chi connectivity index (χ0) is 12.9. The summed E-state index contributed by atoms with van der Waals surface area (Å²) in [5.74, 6) is -0.549. The van der Waals surface area contributed by atoms with Crippen LogP contribution < -0.4 is 5.48 Å². The molecule has 96 valence electrons. The molecule has 2 N–H and O–H groups in total. The van der Waals surface area contributed by atoms with Gasteiger partial charge in [0.2, 0.25) is 0 Å². The number of ether oxygens (including phenoxy) is 1. The van der Waals surface area contributed by atoms with Gasteiger partial charge in [-0.15, -0.1) is 0 Å². The first kappa shape index (κ1) is 13.5. The molecular weight excluding hydrogens is 241 g/mol. The third-order valence-electron chi connectivity index (χ3n) is 1.75. The molecule has 17 heavy (non-hydrogen) atoms. The van der Waals surface area contributed by atoms with Gasteiger partial charge in [-0.2, -0.15) is 18.7 Å². The van der Waals surface area contributed by atoms with Crippen molar-refractivity contribution in [2.45, 2.75) is 12.7 Å². The van der Waals surface area contributed by atoms with E-state index in [-0.39, 0.29) is 12.2 Å². The summed E-state index contributed by atoms with van der Waals surface area (Å²) in [7, 11) is 1.23. The summed E-state index contributed by atoms with van der Waals surface area (Å²) in [6.07, 6.45) is -4.38. The molecule has 0 bridgehead atoms. The van der Waals surface area contributed by atoms with Crippen molar-refractivity contribution in [3.05, 3.63) is 23.5 Å². The van der Waals surface area contributed by atoms with E-state index in [1.807, 2.05) is 0 Å². The van der Waals surface area contributed by atoms with E-state index < -0.39 is 18.8 Å². The lowest BCUT2D eigenvalue weighted by molar-refractivity contribution is -0.190. The lowest BCUT2D eigenvalue weighted by Gasteiger charge is -2.07. The van der Waals surface area contributed by atoms with Gasteiger partial charge in [0.15, 0.2) is 6.61 Å². The van der Waals surface area contributed by atoms with E-state index in [2.05, 4.69) is 20.0 Å². The highest BCUT2D eigenvalue weighted by Gasteiger charge is 2.27. The number of aromatic amines is 1. The van der Waals surface area contributed by atoms with Crippen LogP contribution in [-0.4, -0.2) is 30.8 Å². The van der Waals surface area contributed by atoms with Gasteiger partial charge >= 0.3 is 12.1 Å². The van der Waals surface area contributed by atoms with Crippen molar-refractivity contribution in [2.75, 3.05) is 13.7 Å². The summed E-state index contributed by atoms with van der Waals surface area (Å²) < 4.78 is 39.6. The number of alkyl halides is 3. The lowest BCUT2D eigenvalue weighted by atomic mass is 10.4. The number of rotatable bonds is 5. The van der Waals surface area contributed by atoms with Crippen molar-refractivity contribution in [3.63, 3.8) is 0 Å². The predicted molar refractivity (Wildman–Crippen MR) is 51.0 cm³/mol. The molecule has 0 atom stereocenters. The molecule has 0 fully saturated rings. The Morgan fingerprint density at radius 1 is 1.47 bits per heavy atom. The van der Waals surface area contributed by atoms with Gasteiger partial charge in [-0.1, -0.05) is 0 Å². The van der Waals surface area contributed by atoms with E-state index in [0.29, 0.717) is 5.69 Å². The molecule has 0 radical (unpaired) electrons. The Bertz CT molecular complexity index is 376. The Morgan fingerprint density at radius 3 is 2.76 bits per heavy atom. The van der Waals surface area contributed by atoms with E-state index in [4.69, 9.17) is 0 Å². The molecule has 1 heterocycles. The van der Waals surface area contributed by atoms with Crippen LogP contribution in [0.15, 0.2) is 12.1 Å². The Morgan fingerprint density at radius 2 is 2.18 bits per heavy atom. The largest absolute Gasteiger partial charge is 0.464 e. The Kier molecular flexibility index (Phi) is 4.53. The minimum absolute atomic E-state index is 0.0209. The molecule has 5 nitrogen and oxygen atoms in total. The minimum atomic E-state index is -4.38. The topological polar surface area (TPSA) is 63.4 Å². The zero-order valence-corrected chi connectivity index (χ0v) is 8.93. The monoisotopic (exact) mass is 252 g/mol. The number of halogens is 3. The number of hydroxylamine groups is 1. The molecule has 0 aliphatic rings. The van der Waals surface area contributed by atoms with Gasteiger partial charge in [-0.05, 0) is 12.1 Å². The molecule has 0 aromatic carbocycles. The highest BCUT2D eigenvalue weighted by Crippen LogP contribution is 2.13. The van der Waals surface area contributed by atoms with Crippen LogP contribution in [0.2, 0.25) is 0 Å². The second kappa shape index (κ2) is 5.69. The van der Waals surface area contributed by atoms with Gasteiger partial charge in [0, 0.05) is 5.69 Å². The van der Waals surface area contributed by atoms with Gasteiger partial charge in [0.1, 0.15) is 5.69 Å². The molecule has 1 aromatic heterocycles. The minimum Gasteiger partial charge on any atom is -0.464 e. The number of nitrogens with one attached hydrogen (secondary N) is 2. The van der Waals surface area contributed by atoms with Crippen molar-refractivity contribution >= 4 is 5.97 Å². The summed E-state index contributed by atoms with van der Waals surface area (Å²) in [6, 6.07) is 3.00. The van der Waals surface area contributed by atoms with Crippen LogP contribution in [0, 0.1) is 0 Å². The van der Waals surface area contributed by atoms with E-state index in [1.165, 1.54) is 19.2 Å². The van der Waals surface area contributed by atoms with Gasteiger partial charge in [-0.25, -0.2) is 4.79 Å². The molecule has 0 saturated heterocycles. The van der Waals surface area contributed by atoms with E-state index in [1.54, 1.807) is 0 Å². The van der Waals surface area contributed by atoms with Crippen molar-refractivity contribution in [3.8, 4) is 0 Å². The van der Waals surface area contributed by atoms with Crippen molar-refractivity contribution in [1.82, 2.24) is 10.5 Å². The first-order chi connectivity index (χ1) is 7.92. The average Bonchev–Trinajstić information content (AvgIpc) is 2.70. The van der Waals surface area contributed by atoms with Gasteiger partial charge < -0.3 is 9.72 Å². The molecule has 0 aliphatic heterocycles. The van der Waals surface area contributed by atoms with Crippen LogP contribution >= 0.6 is 0 Å². The van der Waals surface area contributed by atoms with Crippen molar-refractivity contribution in [2.24, 2.45) is 0 Å². The second-order valence-corrected chi connectivity index (χ2v) is 3.11. The number of hydrogen-bond donors (Lipinski definition) is 2. The molecule has 0 aliphatic carbocycles. The maximum atomic E-state index is 11.7. The number of hydrogen-bond acceptors (Lipinski definition) is 4. The first-order valence-electron chi connectivity index (χ1n) is 4.60. The fourth-order valence-corrected chi connectivity index (χ4v) is 1.03. The fourth-order valence-electron chi connectivity index (χ4n) is 1.03. The zero-order valence-electron chi connectivity index (χ0n) is 8.93. The Hall–Kier alpha value is -1.54. The van der Waals surface area contributed by atoms with E-state index >= 15 is 0 Å². The Balaban J connectivity index is 2.33. The molecule has 8 heteroatoms. The van der Waals surface area contributed by atoms with E-state index in [9.17, 15) is 18.0 Å². The average molecular weight is 252 g/mol. The second-order valence-electron chi connectivity index (χ2n) is 3.11. The maximum absolute atomic E-state index is 11.7. The first-order valence-corrected chi connectivity index (χ1v) is 4.60. The maximum Gasteiger partial charge on any atom is 0.413 e. The summed E-state index contributed by atoms with van der Waals surface area (Å²) in [5, 5.41) is 0. The smallest absolute Gasteiger partial charge is 0.413 e. The molecule has 0 saturated carbocycles. The predicted octanol–water partition coefficient (Wildman–Crippen LogP) is 1.38. The number of carbonyl (C=O) groups excluding carboxylic acids is 1. The van der Waals surface area contributed by atoms with Gasteiger partial charge in [0.05, 0.1) is 13.7 Å². The molecule has 1 aromatic rings. The number of aromatic nitrogens is 1. The van der Waals surface area contributed by atoms with Crippen LogP contribution in [0.1, 0.15) is 16.2 Å². The van der Waals surface area contributed by atoms with Crippen molar-refractivity contribution in [1.29, 1.82) is 0 Å². The highest BCUT2D eigenvalue weighted by atomic mass is 19.4. The highest BCUT2D eigenvalue weighted by molar-refractivity contribution is 5.87. The Labute approximate surface area is 94.9 Å². The molecule has 0 spiro atoms. The third kappa shape index (κ3) is 4.87. The molecule has 0 unspecified atom stereocenters. The van der Waals surface area contributed by atoms with Crippen molar-refractivity contribution < 1.29 is 27.5 Å². The summed E-state index contributed by atoms with van der Waals surface area (Å²) in [5.41, 5.74) is 2.85. The normalized spacial score (nSPS) is 11.5. The molecular formula is C9H11F3N2O3. The quantitative estimate of drug-likeness (QED) is 0.472. The third-order valence-corrected chi connectivity index (χ3v) is 1.75. The summed E-state index contributed by atoms with van der Waals surface area (Å²) in [4.78, 5) is 17.9. The van der Waals surface area contributed by atoms with Crippen LogP contribution in [0.5, 0.6) is 0 Å².